The monoisotopic (exact) mass is 510 g/mol. The molecule has 4 rings (SSSR count). The Morgan fingerprint density at radius 1 is 1.07 bits per heavy atom. The first-order valence-electron chi connectivity index (χ1n) is 10.4. The largest absolute Gasteiger partial charge is 0.391 e. The van der Waals surface area contributed by atoms with Gasteiger partial charge in [0.15, 0.2) is 0 Å². The number of fused-ring (bicyclic) bond motifs is 2. The molecule has 2 heterocycles. The van der Waals surface area contributed by atoms with Crippen molar-refractivity contribution in [3.8, 4) is 0 Å². The van der Waals surface area contributed by atoms with E-state index < -0.39 is 0 Å². The Morgan fingerprint density at radius 3 is 2.54 bits per heavy atom. The van der Waals surface area contributed by atoms with E-state index in [0.717, 1.165) is 26.1 Å². The molecule has 2 aliphatic heterocycles. The zero-order chi connectivity index (χ0) is 19.7. The van der Waals surface area contributed by atoms with Crippen molar-refractivity contribution in [1.29, 1.82) is 0 Å². The first kappa shape index (κ1) is 20.7. The molecule has 0 saturated carbocycles. The molecule has 0 aromatic heterocycles. The van der Waals surface area contributed by atoms with Crippen LogP contribution in [-0.2, 0) is 6.42 Å². The minimum atomic E-state index is 0.303. The van der Waals surface area contributed by atoms with Crippen molar-refractivity contribution in [3.63, 3.8) is 0 Å². The summed E-state index contributed by atoms with van der Waals surface area (Å²) in [6.45, 7) is 10.5. The molecule has 1 atom stereocenters. The summed E-state index contributed by atoms with van der Waals surface area (Å²) in [5.41, 5.74) is 4.50. The number of hydrogen-bond acceptors (Lipinski definition) is 2. The van der Waals surface area contributed by atoms with E-state index in [1.807, 2.05) is 11.8 Å². The lowest BCUT2D eigenvalue weighted by Gasteiger charge is -2.35. The molecule has 1 fully saturated rings. The van der Waals surface area contributed by atoms with Gasteiger partial charge in [0.2, 0.25) is 0 Å². The Balaban J connectivity index is 1.70. The van der Waals surface area contributed by atoms with Gasteiger partial charge in [-0.05, 0) is 70.0 Å². The molecule has 0 spiro atoms. The molecule has 1 saturated heterocycles. The Hall–Kier alpha value is -0.600. The van der Waals surface area contributed by atoms with E-state index in [9.17, 15) is 5.11 Å². The summed E-state index contributed by atoms with van der Waals surface area (Å²) in [4.78, 5) is 6.13. The van der Waals surface area contributed by atoms with Crippen molar-refractivity contribution < 1.29 is 14.9 Å². The van der Waals surface area contributed by atoms with Crippen molar-refractivity contribution in [3.05, 3.63) is 56.7 Å². The molecule has 28 heavy (non-hydrogen) atoms. The van der Waals surface area contributed by atoms with E-state index in [4.69, 9.17) is 0 Å². The number of aliphatic hydroxyl groups excluding tert-OH is 1. The summed E-state index contributed by atoms with van der Waals surface area (Å²) < 4.78 is 1.33. The van der Waals surface area contributed by atoms with Crippen LogP contribution >= 0.6 is 34.4 Å². The predicted molar refractivity (Wildman–Crippen MR) is 124 cm³/mol. The number of hydrogen-bond donors (Lipinski definition) is 3. The summed E-state index contributed by atoms with van der Waals surface area (Å²) >= 11 is 4.40. The Kier molecular flexibility index (Phi) is 6.67. The molecule has 5 heteroatoms. The van der Waals surface area contributed by atoms with Crippen molar-refractivity contribution in [2.24, 2.45) is 0 Å². The van der Waals surface area contributed by atoms with Gasteiger partial charge in [0.25, 0.3) is 0 Å². The van der Waals surface area contributed by atoms with Crippen molar-refractivity contribution in [2.45, 2.75) is 42.0 Å². The average Bonchev–Trinajstić information content (AvgIpc) is 2.84. The van der Waals surface area contributed by atoms with E-state index in [-0.39, 0.29) is 0 Å². The fourth-order valence-corrected chi connectivity index (χ4v) is 6.25. The van der Waals surface area contributed by atoms with Gasteiger partial charge >= 0.3 is 0 Å². The average molecular weight is 510 g/mol. The third-order valence-electron chi connectivity index (χ3n) is 6.30. The molecule has 0 unspecified atom stereocenters. The van der Waals surface area contributed by atoms with Gasteiger partial charge in [-0.15, -0.1) is 0 Å². The second-order valence-electron chi connectivity index (χ2n) is 8.44. The van der Waals surface area contributed by atoms with Gasteiger partial charge < -0.3 is 14.9 Å². The molecule has 3 N–H and O–H groups in total. The second-order valence-corrected chi connectivity index (χ2v) is 10.8. The highest BCUT2D eigenvalue weighted by molar-refractivity contribution is 14.1. The Bertz CT molecular complexity index is 833. The van der Waals surface area contributed by atoms with Gasteiger partial charge in [-0.3, -0.25) is 0 Å². The molecule has 0 amide bonds. The number of halogens is 1. The summed E-state index contributed by atoms with van der Waals surface area (Å²) in [7, 11) is 0. The van der Waals surface area contributed by atoms with Crippen LogP contribution in [0.25, 0.3) is 0 Å². The van der Waals surface area contributed by atoms with E-state index in [0.29, 0.717) is 18.6 Å². The fraction of sp³-hybridized carbons (Fsp3) is 0.478. The molecule has 0 aliphatic carbocycles. The minimum Gasteiger partial charge on any atom is -0.391 e. The topological polar surface area (TPSA) is 29.1 Å². The minimum absolute atomic E-state index is 0.303. The molecule has 2 aromatic rings. The highest BCUT2D eigenvalue weighted by Gasteiger charge is 2.34. The number of quaternary nitrogens is 2. The normalized spacial score (nSPS) is 24.5. The highest BCUT2D eigenvalue weighted by Crippen LogP contribution is 2.41. The van der Waals surface area contributed by atoms with Crippen LogP contribution in [0.15, 0.2) is 46.2 Å². The molecule has 2 aromatic carbocycles. The smallest absolute Gasteiger partial charge is 0.128 e. The maximum absolute atomic E-state index is 9.29. The quantitative estimate of drug-likeness (QED) is 0.549. The van der Waals surface area contributed by atoms with E-state index in [1.165, 1.54) is 37.6 Å². The van der Waals surface area contributed by atoms with Crippen LogP contribution in [0.3, 0.4) is 0 Å². The summed E-state index contributed by atoms with van der Waals surface area (Å²) in [6.07, 6.45) is 1.12. The zero-order valence-electron chi connectivity index (χ0n) is 16.8. The third kappa shape index (κ3) is 4.43. The zero-order valence-corrected chi connectivity index (χ0v) is 19.8. The van der Waals surface area contributed by atoms with Crippen LogP contribution in [0.4, 0.5) is 0 Å². The van der Waals surface area contributed by atoms with Gasteiger partial charge in [0.1, 0.15) is 38.8 Å². The van der Waals surface area contributed by atoms with Gasteiger partial charge in [-0.2, -0.15) is 0 Å². The van der Waals surface area contributed by atoms with Crippen LogP contribution in [0.1, 0.15) is 42.5 Å². The molecule has 0 bridgehead atoms. The molecule has 2 aliphatic rings. The van der Waals surface area contributed by atoms with E-state index >= 15 is 0 Å². The number of benzene rings is 2. The van der Waals surface area contributed by atoms with Gasteiger partial charge in [-0.1, -0.05) is 31.7 Å². The predicted octanol–water partition coefficient (Wildman–Crippen LogP) is 1.94. The Morgan fingerprint density at radius 2 is 1.82 bits per heavy atom. The van der Waals surface area contributed by atoms with Crippen LogP contribution in [0.2, 0.25) is 0 Å². The lowest BCUT2D eigenvalue weighted by atomic mass is 9.93. The van der Waals surface area contributed by atoms with Crippen LogP contribution in [0.5, 0.6) is 0 Å². The maximum atomic E-state index is 9.29. The van der Waals surface area contributed by atoms with Crippen molar-refractivity contribution in [2.75, 3.05) is 39.3 Å². The van der Waals surface area contributed by atoms with Crippen LogP contribution < -0.4 is 9.80 Å². The molecular weight excluding hydrogens is 479 g/mol. The van der Waals surface area contributed by atoms with Crippen LogP contribution in [-0.4, -0.2) is 44.4 Å². The summed E-state index contributed by atoms with van der Waals surface area (Å²) in [5, 5.41) is 9.29. The van der Waals surface area contributed by atoms with E-state index in [1.54, 1.807) is 15.4 Å². The van der Waals surface area contributed by atoms with Crippen LogP contribution in [0, 0.1) is 3.57 Å². The van der Waals surface area contributed by atoms with Crippen molar-refractivity contribution >= 4 is 34.4 Å². The number of aliphatic hydroxyl groups is 1. The van der Waals surface area contributed by atoms with Gasteiger partial charge in [-0.25, -0.2) is 0 Å². The van der Waals surface area contributed by atoms with Gasteiger partial charge in [0.05, 0.1) is 6.61 Å². The number of piperazine rings is 1. The summed E-state index contributed by atoms with van der Waals surface area (Å²) in [6, 6.07) is 14.6. The standard InChI is InChI=1S/C23H29IN2OS/c1-16(2)17-3-5-23-20(14-17)21(26-9-7-25(8-10-26)11-12-27)15-18-13-19(24)4-6-22(18)28-23/h3-6,13-14,16,21,27H,7-12,15H2,1-2H3/p+2/t21-/m1/s1. The molecular formula is C23H31IN2OS+2. The Labute approximate surface area is 186 Å². The first-order valence-corrected chi connectivity index (χ1v) is 12.3. The lowest BCUT2D eigenvalue weighted by Crippen LogP contribution is -3.28. The summed E-state index contributed by atoms with van der Waals surface area (Å²) in [5.74, 6) is 0.559. The molecule has 0 radical (unpaired) electrons. The lowest BCUT2D eigenvalue weighted by molar-refractivity contribution is -1.03. The molecule has 150 valence electrons. The first-order chi connectivity index (χ1) is 13.5. The third-order valence-corrected chi connectivity index (χ3v) is 8.18. The SMILES string of the molecule is CC(C)c1ccc2c(c1)[C@H]([NH+]1CC[NH+](CCO)CC1)Cc1cc(I)ccc1S2. The number of nitrogens with one attached hydrogen (secondary N) is 2. The van der Waals surface area contributed by atoms with E-state index in [2.05, 4.69) is 72.8 Å². The fourth-order valence-electron chi connectivity index (χ4n) is 4.59. The second kappa shape index (κ2) is 9.04. The van der Waals surface area contributed by atoms with Crippen molar-refractivity contribution in [1.82, 2.24) is 0 Å². The highest BCUT2D eigenvalue weighted by atomic mass is 127. The molecule has 3 nitrogen and oxygen atoms in total. The van der Waals surface area contributed by atoms with Gasteiger partial charge in [0, 0.05) is 25.3 Å². The maximum Gasteiger partial charge on any atom is 0.128 e. The number of rotatable bonds is 4.